The highest BCUT2D eigenvalue weighted by Crippen LogP contribution is 2.16. The second-order valence-corrected chi connectivity index (χ2v) is 5.94. The van der Waals surface area contributed by atoms with Crippen LogP contribution in [0.3, 0.4) is 0 Å². The van der Waals surface area contributed by atoms with Crippen LogP contribution in [0.4, 0.5) is 5.13 Å². The van der Waals surface area contributed by atoms with Crippen LogP contribution in [-0.4, -0.2) is 16.7 Å². The Morgan fingerprint density at radius 1 is 1.19 bits per heavy atom. The van der Waals surface area contributed by atoms with Gasteiger partial charge < -0.3 is 5.32 Å². The number of rotatable bonds is 5. The topological polar surface area (TPSA) is 59.1 Å². The van der Waals surface area contributed by atoms with E-state index in [2.05, 4.69) is 10.3 Å². The molecular formula is C16H18N2O2S. The SMILES string of the molecule is Cc1ccc(C)c(C(=O)CCC(=O)Nc2nc(C)cs2)c1. The third-order valence-electron chi connectivity index (χ3n) is 3.14. The third-order valence-corrected chi connectivity index (χ3v) is 4.01. The van der Waals surface area contributed by atoms with E-state index in [1.165, 1.54) is 11.3 Å². The first-order valence-electron chi connectivity index (χ1n) is 6.78. The Bertz CT molecular complexity index is 677. The molecule has 1 aromatic carbocycles. The number of aromatic nitrogens is 1. The first-order chi connectivity index (χ1) is 9.95. The fourth-order valence-corrected chi connectivity index (χ4v) is 2.70. The van der Waals surface area contributed by atoms with Crippen LogP contribution >= 0.6 is 11.3 Å². The number of anilines is 1. The van der Waals surface area contributed by atoms with Crippen molar-refractivity contribution in [3.63, 3.8) is 0 Å². The predicted molar refractivity (Wildman–Crippen MR) is 85.0 cm³/mol. The minimum atomic E-state index is -0.178. The zero-order valence-corrected chi connectivity index (χ0v) is 13.2. The number of Topliss-reactive ketones (excluding diaryl/α,β-unsaturated/α-hetero) is 1. The quantitative estimate of drug-likeness (QED) is 0.857. The molecule has 1 amide bonds. The smallest absolute Gasteiger partial charge is 0.226 e. The van der Waals surface area contributed by atoms with Gasteiger partial charge in [0, 0.05) is 23.8 Å². The predicted octanol–water partition coefficient (Wildman–Crippen LogP) is 3.67. The first-order valence-corrected chi connectivity index (χ1v) is 7.66. The van der Waals surface area contributed by atoms with Gasteiger partial charge >= 0.3 is 0 Å². The van der Waals surface area contributed by atoms with Gasteiger partial charge in [-0.2, -0.15) is 0 Å². The average molecular weight is 302 g/mol. The highest BCUT2D eigenvalue weighted by Gasteiger charge is 2.12. The average Bonchev–Trinajstić information content (AvgIpc) is 2.84. The molecule has 2 aromatic rings. The number of hydrogen-bond acceptors (Lipinski definition) is 4. The fourth-order valence-electron chi connectivity index (χ4n) is 1.99. The van der Waals surface area contributed by atoms with Crippen LogP contribution in [0, 0.1) is 20.8 Å². The molecule has 0 fully saturated rings. The van der Waals surface area contributed by atoms with Crippen molar-refractivity contribution in [1.29, 1.82) is 0 Å². The molecule has 0 radical (unpaired) electrons. The van der Waals surface area contributed by atoms with Crippen LogP contribution < -0.4 is 5.32 Å². The summed E-state index contributed by atoms with van der Waals surface area (Å²) in [6, 6.07) is 5.78. The second-order valence-electron chi connectivity index (χ2n) is 5.08. The number of nitrogens with one attached hydrogen (secondary N) is 1. The lowest BCUT2D eigenvalue weighted by Gasteiger charge is -2.06. The number of carbonyl (C=O) groups excluding carboxylic acids is 2. The minimum Gasteiger partial charge on any atom is -0.302 e. The molecule has 5 heteroatoms. The second kappa shape index (κ2) is 6.63. The van der Waals surface area contributed by atoms with Gasteiger partial charge in [-0.1, -0.05) is 17.7 Å². The summed E-state index contributed by atoms with van der Waals surface area (Å²) < 4.78 is 0. The maximum absolute atomic E-state index is 12.2. The summed E-state index contributed by atoms with van der Waals surface area (Å²) in [7, 11) is 0. The molecule has 4 nitrogen and oxygen atoms in total. The summed E-state index contributed by atoms with van der Waals surface area (Å²) in [5, 5.41) is 5.16. The Morgan fingerprint density at radius 3 is 2.62 bits per heavy atom. The van der Waals surface area contributed by atoms with E-state index in [0.29, 0.717) is 10.7 Å². The number of carbonyl (C=O) groups is 2. The summed E-state index contributed by atoms with van der Waals surface area (Å²) >= 11 is 1.38. The standard InChI is InChI=1S/C16H18N2O2S/c1-10-4-5-11(2)13(8-10)14(19)6-7-15(20)18-16-17-12(3)9-21-16/h4-5,8-9H,6-7H2,1-3H3,(H,17,18,20). The van der Waals surface area contributed by atoms with Gasteiger partial charge in [0.05, 0.1) is 5.69 Å². The minimum absolute atomic E-state index is 0.00155. The first kappa shape index (κ1) is 15.4. The van der Waals surface area contributed by atoms with Crippen LogP contribution in [0.1, 0.15) is 40.0 Å². The molecule has 0 aliphatic rings. The highest BCUT2D eigenvalue weighted by molar-refractivity contribution is 7.13. The van der Waals surface area contributed by atoms with E-state index in [-0.39, 0.29) is 24.5 Å². The number of benzene rings is 1. The molecule has 0 atom stereocenters. The lowest BCUT2D eigenvalue weighted by Crippen LogP contribution is -2.13. The van der Waals surface area contributed by atoms with E-state index in [1.54, 1.807) is 0 Å². The van der Waals surface area contributed by atoms with Crippen molar-refractivity contribution in [2.75, 3.05) is 5.32 Å². The molecule has 1 heterocycles. The molecule has 0 unspecified atom stereocenters. The van der Waals surface area contributed by atoms with Crippen LogP contribution in [0.25, 0.3) is 0 Å². The van der Waals surface area contributed by atoms with Gasteiger partial charge in [0.15, 0.2) is 10.9 Å². The molecular weight excluding hydrogens is 284 g/mol. The molecule has 1 aromatic heterocycles. The van der Waals surface area contributed by atoms with Gasteiger partial charge in [0.25, 0.3) is 0 Å². The van der Waals surface area contributed by atoms with Crippen molar-refractivity contribution in [3.8, 4) is 0 Å². The maximum Gasteiger partial charge on any atom is 0.226 e. The number of ketones is 1. The Kier molecular flexibility index (Phi) is 4.85. The van der Waals surface area contributed by atoms with Crippen LogP contribution in [0.15, 0.2) is 23.6 Å². The maximum atomic E-state index is 12.2. The van der Waals surface area contributed by atoms with Gasteiger partial charge in [-0.3, -0.25) is 9.59 Å². The number of amides is 1. The molecule has 2 rings (SSSR count). The van der Waals surface area contributed by atoms with E-state index in [1.807, 2.05) is 44.4 Å². The van der Waals surface area contributed by atoms with Gasteiger partial charge in [-0.25, -0.2) is 4.98 Å². The van der Waals surface area contributed by atoms with Crippen molar-refractivity contribution in [3.05, 3.63) is 46.0 Å². The number of nitrogens with zero attached hydrogens (tertiary/aromatic N) is 1. The van der Waals surface area contributed by atoms with Crippen molar-refractivity contribution < 1.29 is 9.59 Å². The van der Waals surface area contributed by atoms with Crippen molar-refractivity contribution in [2.24, 2.45) is 0 Å². The third kappa shape index (κ3) is 4.23. The number of aryl methyl sites for hydroxylation is 3. The highest BCUT2D eigenvalue weighted by atomic mass is 32.1. The zero-order valence-electron chi connectivity index (χ0n) is 12.4. The van der Waals surface area contributed by atoms with Gasteiger partial charge in [-0.15, -0.1) is 11.3 Å². The zero-order chi connectivity index (χ0) is 15.4. The lowest BCUT2D eigenvalue weighted by atomic mass is 9.99. The Labute approximate surface area is 128 Å². The van der Waals surface area contributed by atoms with Crippen LogP contribution in [0.5, 0.6) is 0 Å². The Morgan fingerprint density at radius 2 is 1.95 bits per heavy atom. The van der Waals surface area contributed by atoms with Gasteiger partial charge in [-0.05, 0) is 32.4 Å². The molecule has 0 spiro atoms. The van der Waals surface area contributed by atoms with Gasteiger partial charge in [0.2, 0.25) is 5.91 Å². The molecule has 0 saturated heterocycles. The van der Waals surface area contributed by atoms with Crippen molar-refractivity contribution >= 4 is 28.2 Å². The van der Waals surface area contributed by atoms with E-state index in [9.17, 15) is 9.59 Å². The van der Waals surface area contributed by atoms with Crippen molar-refractivity contribution in [1.82, 2.24) is 4.98 Å². The van der Waals surface area contributed by atoms with Gasteiger partial charge in [0.1, 0.15) is 0 Å². The normalized spacial score (nSPS) is 10.4. The molecule has 0 aliphatic heterocycles. The van der Waals surface area contributed by atoms with E-state index >= 15 is 0 Å². The Hall–Kier alpha value is -2.01. The summed E-state index contributed by atoms with van der Waals surface area (Å²) in [6.45, 7) is 5.73. The Balaban J connectivity index is 1.91. The molecule has 0 aliphatic carbocycles. The summed E-state index contributed by atoms with van der Waals surface area (Å²) in [6.07, 6.45) is 0.380. The van der Waals surface area contributed by atoms with Crippen LogP contribution in [0.2, 0.25) is 0 Å². The summed E-state index contributed by atoms with van der Waals surface area (Å²) in [4.78, 5) is 28.2. The number of hydrogen-bond donors (Lipinski definition) is 1. The van der Waals surface area contributed by atoms with Crippen molar-refractivity contribution in [2.45, 2.75) is 33.6 Å². The lowest BCUT2D eigenvalue weighted by molar-refractivity contribution is -0.116. The number of thiazole rings is 1. The van der Waals surface area contributed by atoms with Crippen LogP contribution in [-0.2, 0) is 4.79 Å². The largest absolute Gasteiger partial charge is 0.302 e. The molecule has 110 valence electrons. The molecule has 0 saturated carbocycles. The van der Waals surface area contributed by atoms with E-state index in [0.717, 1.165) is 16.8 Å². The summed E-state index contributed by atoms with van der Waals surface area (Å²) in [5.74, 6) is -0.176. The monoisotopic (exact) mass is 302 g/mol. The molecule has 0 bridgehead atoms. The van der Waals surface area contributed by atoms with E-state index < -0.39 is 0 Å². The molecule has 1 N–H and O–H groups in total. The summed E-state index contributed by atoms with van der Waals surface area (Å²) in [5.41, 5.74) is 3.57. The van der Waals surface area contributed by atoms with E-state index in [4.69, 9.17) is 0 Å². The fraction of sp³-hybridized carbons (Fsp3) is 0.312. The molecule has 21 heavy (non-hydrogen) atoms.